The minimum Gasteiger partial charge on any atom is -0.497 e. The molecule has 0 aliphatic rings. The number of carbonyl (C=O) groups is 1. The molecule has 4 aromatic rings. The number of ether oxygens (including phenoxy) is 2. The van der Waals surface area contributed by atoms with Crippen LogP contribution in [0.2, 0.25) is 0 Å². The summed E-state index contributed by atoms with van der Waals surface area (Å²) < 4.78 is 12.2. The Morgan fingerprint density at radius 3 is 2.66 bits per heavy atom. The molecule has 7 nitrogen and oxygen atoms in total. The summed E-state index contributed by atoms with van der Waals surface area (Å²) in [7, 11) is 3.12. The molecule has 0 fully saturated rings. The van der Waals surface area contributed by atoms with E-state index in [1.807, 2.05) is 43.3 Å². The fourth-order valence-corrected chi connectivity index (χ4v) is 3.14. The van der Waals surface area contributed by atoms with Gasteiger partial charge in [0.15, 0.2) is 5.82 Å². The molecule has 0 unspecified atom stereocenters. The zero-order valence-corrected chi connectivity index (χ0v) is 16.3. The highest BCUT2D eigenvalue weighted by molar-refractivity contribution is 6.05. The van der Waals surface area contributed by atoms with Gasteiger partial charge >= 0.3 is 0 Å². The molecule has 29 heavy (non-hydrogen) atoms. The van der Waals surface area contributed by atoms with Gasteiger partial charge < -0.3 is 14.8 Å². The van der Waals surface area contributed by atoms with Crippen LogP contribution in [0.15, 0.2) is 60.8 Å². The van der Waals surface area contributed by atoms with Crippen molar-refractivity contribution in [2.45, 2.75) is 6.92 Å². The van der Waals surface area contributed by atoms with E-state index in [0.29, 0.717) is 34.3 Å². The Morgan fingerprint density at radius 2 is 1.86 bits per heavy atom. The minimum atomic E-state index is -0.291. The van der Waals surface area contributed by atoms with Crippen LogP contribution in [0, 0.1) is 6.92 Å². The summed E-state index contributed by atoms with van der Waals surface area (Å²) in [6.07, 6.45) is 1.54. The number of benzene rings is 2. The van der Waals surface area contributed by atoms with Crippen molar-refractivity contribution in [3.05, 3.63) is 72.1 Å². The van der Waals surface area contributed by atoms with Gasteiger partial charge in [0.25, 0.3) is 5.91 Å². The fraction of sp³-hybridized carbons (Fsp3) is 0.136. The van der Waals surface area contributed by atoms with Gasteiger partial charge in [-0.3, -0.25) is 4.79 Å². The number of aromatic nitrogens is 3. The zero-order chi connectivity index (χ0) is 20.4. The molecule has 2 aromatic carbocycles. The van der Waals surface area contributed by atoms with E-state index in [1.54, 1.807) is 37.1 Å². The Balaban J connectivity index is 1.65. The summed E-state index contributed by atoms with van der Waals surface area (Å²) in [5.41, 5.74) is 2.52. The predicted molar refractivity (Wildman–Crippen MR) is 111 cm³/mol. The Hall–Kier alpha value is -3.87. The normalized spacial score (nSPS) is 10.7. The molecule has 0 saturated carbocycles. The summed E-state index contributed by atoms with van der Waals surface area (Å²) in [5, 5.41) is 8.28. The predicted octanol–water partition coefficient (Wildman–Crippen LogP) is 4.00. The van der Waals surface area contributed by atoms with E-state index >= 15 is 0 Å². The first-order valence-corrected chi connectivity index (χ1v) is 9.05. The van der Waals surface area contributed by atoms with Gasteiger partial charge in [0.2, 0.25) is 0 Å². The highest BCUT2D eigenvalue weighted by Crippen LogP contribution is 2.29. The van der Waals surface area contributed by atoms with E-state index in [9.17, 15) is 4.79 Å². The monoisotopic (exact) mass is 388 g/mol. The number of methoxy groups -OCH3 is 2. The van der Waals surface area contributed by atoms with Crippen LogP contribution in [0.3, 0.4) is 0 Å². The maximum absolute atomic E-state index is 12.9. The first-order chi connectivity index (χ1) is 14.1. The Kier molecular flexibility index (Phi) is 4.87. The lowest BCUT2D eigenvalue weighted by Gasteiger charge is -2.11. The molecule has 4 rings (SSSR count). The summed E-state index contributed by atoms with van der Waals surface area (Å²) in [5.74, 6) is 1.52. The number of hydrogen-bond donors (Lipinski definition) is 1. The van der Waals surface area contributed by atoms with Gasteiger partial charge in [-0.15, -0.1) is 0 Å². The molecule has 1 N–H and O–H groups in total. The number of pyridine rings is 1. The van der Waals surface area contributed by atoms with E-state index in [0.717, 1.165) is 10.9 Å². The molecule has 0 radical (unpaired) electrons. The molecule has 7 heteroatoms. The first kappa shape index (κ1) is 18.5. The number of fused-ring (bicyclic) bond motifs is 1. The maximum Gasteiger partial charge on any atom is 0.259 e. The van der Waals surface area contributed by atoms with E-state index in [2.05, 4.69) is 15.4 Å². The SMILES string of the molecule is COc1ccc(OC)c(NC(=O)c2cnn(-c3ccc4ccccc4n3)c2C)c1. The minimum absolute atomic E-state index is 0.291. The molecule has 0 bridgehead atoms. The first-order valence-electron chi connectivity index (χ1n) is 9.05. The molecule has 0 saturated heterocycles. The number of hydrogen-bond acceptors (Lipinski definition) is 5. The Morgan fingerprint density at radius 1 is 1.03 bits per heavy atom. The lowest BCUT2D eigenvalue weighted by molar-refractivity contribution is 0.102. The molecular formula is C22H20N4O3. The molecule has 0 spiro atoms. The Labute approximate surface area is 167 Å². The molecule has 0 aliphatic heterocycles. The molecule has 0 atom stereocenters. The third-order valence-electron chi connectivity index (χ3n) is 4.71. The number of anilines is 1. The molecule has 0 aliphatic carbocycles. The molecule has 146 valence electrons. The highest BCUT2D eigenvalue weighted by Gasteiger charge is 2.18. The number of nitrogens with one attached hydrogen (secondary N) is 1. The molecular weight excluding hydrogens is 368 g/mol. The van der Waals surface area contributed by atoms with Crippen LogP contribution in [0.4, 0.5) is 5.69 Å². The number of rotatable bonds is 5. The quantitative estimate of drug-likeness (QED) is 0.559. The third kappa shape index (κ3) is 3.50. The van der Waals surface area contributed by atoms with E-state index < -0.39 is 0 Å². The van der Waals surface area contributed by atoms with Gasteiger partial charge in [-0.25, -0.2) is 9.67 Å². The molecule has 2 heterocycles. The van der Waals surface area contributed by atoms with Gasteiger partial charge in [-0.05, 0) is 37.3 Å². The second-order valence-electron chi connectivity index (χ2n) is 6.44. The number of carbonyl (C=O) groups excluding carboxylic acids is 1. The largest absolute Gasteiger partial charge is 0.497 e. The third-order valence-corrected chi connectivity index (χ3v) is 4.71. The lowest BCUT2D eigenvalue weighted by Crippen LogP contribution is -2.14. The van der Waals surface area contributed by atoms with Crippen LogP contribution < -0.4 is 14.8 Å². The smallest absolute Gasteiger partial charge is 0.259 e. The van der Waals surface area contributed by atoms with Gasteiger partial charge in [-0.1, -0.05) is 18.2 Å². The lowest BCUT2D eigenvalue weighted by atomic mass is 10.2. The van der Waals surface area contributed by atoms with Gasteiger partial charge in [0.1, 0.15) is 11.5 Å². The van der Waals surface area contributed by atoms with Crippen molar-refractivity contribution in [3.63, 3.8) is 0 Å². The van der Waals surface area contributed by atoms with Crippen molar-refractivity contribution in [2.24, 2.45) is 0 Å². The van der Waals surface area contributed by atoms with Gasteiger partial charge in [0, 0.05) is 11.5 Å². The Bertz CT molecular complexity index is 1200. The number of para-hydroxylation sites is 1. The summed E-state index contributed by atoms with van der Waals surface area (Å²) in [6, 6.07) is 16.9. The van der Waals surface area contributed by atoms with E-state index in [4.69, 9.17) is 9.47 Å². The van der Waals surface area contributed by atoms with Gasteiger partial charge in [-0.2, -0.15) is 5.10 Å². The summed E-state index contributed by atoms with van der Waals surface area (Å²) >= 11 is 0. The van der Waals surface area contributed by atoms with E-state index in [-0.39, 0.29) is 5.91 Å². The summed E-state index contributed by atoms with van der Waals surface area (Å²) in [6.45, 7) is 1.83. The summed E-state index contributed by atoms with van der Waals surface area (Å²) in [4.78, 5) is 17.5. The van der Waals surface area contributed by atoms with Crippen LogP contribution >= 0.6 is 0 Å². The number of amides is 1. The van der Waals surface area contributed by atoms with Crippen LogP contribution in [-0.4, -0.2) is 34.9 Å². The average Bonchev–Trinajstić information content (AvgIpc) is 3.14. The molecule has 2 aromatic heterocycles. The second kappa shape index (κ2) is 7.63. The van der Waals surface area contributed by atoms with Crippen molar-refractivity contribution in [1.82, 2.24) is 14.8 Å². The van der Waals surface area contributed by atoms with Crippen molar-refractivity contribution in [3.8, 4) is 17.3 Å². The molecule has 1 amide bonds. The topological polar surface area (TPSA) is 78.3 Å². The van der Waals surface area contributed by atoms with E-state index in [1.165, 1.54) is 6.20 Å². The van der Waals surface area contributed by atoms with Crippen molar-refractivity contribution >= 4 is 22.5 Å². The van der Waals surface area contributed by atoms with Crippen LogP contribution in [-0.2, 0) is 0 Å². The van der Waals surface area contributed by atoms with Crippen LogP contribution in [0.1, 0.15) is 16.1 Å². The fourth-order valence-electron chi connectivity index (χ4n) is 3.14. The standard InChI is InChI=1S/C22H20N4O3/c1-14-17(22(27)25-19-12-16(28-2)9-10-20(19)29-3)13-23-26(14)21-11-8-15-6-4-5-7-18(15)24-21/h4-13H,1-3H3,(H,25,27). The van der Waals surface area contributed by atoms with Gasteiger partial charge in [0.05, 0.1) is 42.9 Å². The van der Waals surface area contributed by atoms with Crippen LogP contribution in [0.5, 0.6) is 11.5 Å². The van der Waals surface area contributed by atoms with Crippen LogP contribution in [0.25, 0.3) is 16.7 Å². The van der Waals surface area contributed by atoms with Crippen molar-refractivity contribution < 1.29 is 14.3 Å². The zero-order valence-electron chi connectivity index (χ0n) is 16.3. The second-order valence-corrected chi connectivity index (χ2v) is 6.44. The average molecular weight is 388 g/mol. The maximum atomic E-state index is 12.9. The van der Waals surface area contributed by atoms with Crippen molar-refractivity contribution in [1.29, 1.82) is 0 Å². The number of nitrogens with zero attached hydrogens (tertiary/aromatic N) is 3. The highest BCUT2D eigenvalue weighted by atomic mass is 16.5. The van der Waals surface area contributed by atoms with Crippen molar-refractivity contribution in [2.75, 3.05) is 19.5 Å².